The van der Waals surface area contributed by atoms with Gasteiger partial charge in [-0.15, -0.1) is 0 Å². The van der Waals surface area contributed by atoms with Crippen LogP contribution in [0.2, 0.25) is 0 Å². The van der Waals surface area contributed by atoms with E-state index in [0.717, 1.165) is 12.0 Å². The molecule has 2 nitrogen and oxygen atoms in total. The van der Waals surface area contributed by atoms with Crippen LogP contribution in [0.3, 0.4) is 0 Å². The minimum absolute atomic E-state index is 0.127. The summed E-state index contributed by atoms with van der Waals surface area (Å²) in [5.74, 6) is 0.127. The van der Waals surface area contributed by atoms with E-state index in [2.05, 4.69) is 25.1 Å². The van der Waals surface area contributed by atoms with Crippen LogP contribution in [0.15, 0.2) is 54.6 Å². The van der Waals surface area contributed by atoms with E-state index in [9.17, 15) is 4.79 Å². The van der Waals surface area contributed by atoms with Crippen LogP contribution in [0.5, 0.6) is 0 Å². The molecule has 21 heavy (non-hydrogen) atoms. The molecule has 1 amide bonds. The van der Waals surface area contributed by atoms with E-state index >= 15 is 0 Å². The van der Waals surface area contributed by atoms with Gasteiger partial charge in [0.25, 0.3) is 5.91 Å². The van der Waals surface area contributed by atoms with Gasteiger partial charge in [-0.1, -0.05) is 56.3 Å². The largest absolute Gasteiger partial charge is 0.331 e. The molecule has 0 N–H and O–H groups in total. The highest BCUT2D eigenvalue weighted by molar-refractivity contribution is 5.94. The molecule has 0 aromatic heterocycles. The lowest BCUT2D eigenvalue weighted by atomic mass is 9.94. The fourth-order valence-corrected chi connectivity index (χ4v) is 2.70. The lowest BCUT2D eigenvalue weighted by Crippen LogP contribution is -2.42. The highest BCUT2D eigenvalue weighted by Gasteiger charge is 2.26. The minimum Gasteiger partial charge on any atom is -0.331 e. The Labute approximate surface area is 127 Å². The number of amides is 1. The molecule has 0 bridgehead atoms. The van der Waals surface area contributed by atoms with Crippen molar-refractivity contribution >= 4 is 5.91 Å². The van der Waals surface area contributed by atoms with E-state index in [1.165, 1.54) is 11.1 Å². The summed E-state index contributed by atoms with van der Waals surface area (Å²) < 4.78 is 0. The summed E-state index contributed by atoms with van der Waals surface area (Å²) in [6.07, 6.45) is 0.939. The smallest absolute Gasteiger partial charge is 0.254 e. The second-order valence-electron chi connectivity index (χ2n) is 5.12. The van der Waals surface area contributed by atoms with Crippen LogP contribution < -0.4 is 0 Å². The Morgan fingerprint density at radius 2 is 1.52 bits per heavy atom. The highest BCUT2D eigenvalue weighted by Crippen LogP contribution is 2.24. The van der Waals surface area contributed by atoms with Crippen LogP contribution in [0.25, 0.3) is 0 Å². The maximum Gasteiger partial charge on any atom is 0.254 e. The lowest BCUT2D eigenvalue weighted by Gasteiger charge is -2.35. The van der Waals surface area contributed by atoms with E-state index in [1.807, 2.05) is 55.1 Å². The van der Waals surface area contributed by atoms with Crippen LogP contribution in [0.4, 0.5) is 0 Å². The van der Waals surface area contributed by atoms with Crippen molar-refractivity contribution in [1.29, 1.82) is 0 Å². The number of rotatable bonds is 1. The number of nitrogens with zero attached hydrogens (tertiary/aromatic N) is 1. The van der Waals surface area contributed by atoms with Gasteiger partial charge in [0.1, 0.15) is 0 Å². The first-order chi connectivity index (χ1) is 10.3. The molecule has 1 heterocycles. The van der Waals surface area contributed by atoms with Gasteiger partial charge in [0, 0.05) is 18.2 Å². The number of fused-ring (bicyclic) bond motifs is 1. The van der Waals surface area contributed by atoms with Crippen LogP contribution >= 0.6 is 0 Å². The molecule has 0 fully saturated rings. The topological polar surface area (TPSA) is 20.3 Å². The van der Waals surface area contributed by atoms with Crippen molar-refractivity contribution in [2.45, 2.75) is 39.8 Å². The van der Waals surface area contributed by atoms with Crippen LogP contribution in [0, 0.1) is 0 Å². The molecule has 2 heteroatoms. The van der Waals surface area contributed by atoms with Crippen LogP contribution in [-0.2, 0) is 13.0 Å². The van der Waals surface area contributed by atoms with Crippen LogP contribution in [0.1, 0.15) is 42.3 Å². The van der Waals surface area contributed by atoms with Gasteiger partial charge in [-0.3, -0.25) is 4.79 Å². The lowest BCUT2D eigenvalue weighted by molar-refractivity contribution is 0.0658. The molecule has 0 unspecified atom stereocenters. The fraction of sp³-hybridized carbons (Fsp3) is 0.316. The third kappa shape index (κ3) is 3.33. The Morgan fingerprint density at radius 3 is 2.19 bits per heavy atom. The molecule has 2 aromatic rings. The quantitative estimate of drug-likeness (QED) is 0.763. The summed E-state index contributed by atoms with van der Waals surface area (Å²) in [6, 6.07) is 18.2. The van der Waals surface area contributed by atoms with Gasteiger partial charge in [0.2, 0.25) is 0 Å². The zero-order valence-corrected chi connectivity index (χ0v) is 13.0. The maximum absolute atomic E-state index is 12.5. The Bertz CT molecular complexity index is 592. The van der Waals surface area contributed by atoms with Crippen molar-refractivity contribution in [1.82, 2.24) is 4.90 Å². The summed E-state index contributed by atoms with van der Waals surface area (Å²) in [5, 5.41) is 0. The van der Waals surface area contributed by atoms with Crippen molar-refractivity contribution in [2.24, 2.45) is 0 Å². The molecule has 0 aliphatic carbocycles. The highest BCUT2D eigenvalue weighted by atomic mass is 16.2. The Hall–Kier alpha value is -2.09. The molecule has 0 saturated carbocycles. The molecular weight excluding hydrogens is 258 g/mol. The fourth-order valence-electron chi connectivity index (χ4n) is 2.70. The van der Waals surface area contributed by atoms with Gasteiger partial charge in [-0.2, -0.15) is 0 Å². The normalized spacial score (nSPS) is 16.5. The zero-order chi connectivity index (χ0) is 15.2. The molecule has 110 valence electrons. The van der Waals surface area contributed by atoms with Crippen molar-refractivity contribution in [3.63, 3.8) is 0 Å². The molecule has 2 aromatic carbocycles. The maximum atomic E-state index is 12.5. The average molecular weight is 281 g/mol. The van der Waals surface area contributed by atoms with Gasteiger partial charge < -0.3 is 4.90 Å². The van der Waals surface area contributed by atoms with Crippen molar-refractivity contribution in [3.8, 4) is 0 Å². The van der Waals surface area contributed by atoms with E-state index in [-0.39, 0.29) is 11.9 Å². The number of carbonyl (C=O) groups is 1. The van der Waals surface area contributed by atoms with Crippen molar-refractivity contribution in [3.05, 3.63) is 71.3 Å². The third-order valence-corrected chi connectivity index (χ3v) is 3.79. The first-order valence-corrected chi connectivity index (χ1v) is 7.68. The first kappa shape index (κ1) is 15.3. The molecule has 0 radical (unpaired) electrons. The molecule has 1 atom stereocenters. The molecule has 3 rings (SSSR count). The summed E-state index contributed by atoms with van der Waals surface area (Å²) >= 11 is 0. The minimum atomic E-state index is 0.127. The molecular formula is C19H23NO. The first-order valence-electron chi connectivity index (χ1n) is 7.68. The SMILES string of the molecule is CC.C[C@@H]1Cc2ccccc2CN1C(=O)c1ccccc1. The van der Waals surface area contributed by atoms with Gasteiger partial charge >= 0.3 is 0 Å². The number of carbonyl (C=O) groups excluding carboxylic acids is 1. The summed E-state index contributed by atoms with van der Waals surface area (Å²) in [7, 11) is 0. The van der Waals surface area contributed by atoms with Crippen molar-refractivity contribution in [2.75, 3.05) is 0 Å². The molecule has 1 aliphatic heterocycles. The summed E-state index contributed by atoms with van der Waals surface area (Å²) in [4.78, 5) is 14.5. The van der Waals surface area contributed by atoms with E-state index in [1.54, 1.807) is 0 Å². The number of hydrogen-bond acceptors (Lipinski definition) is 1. The predicted octanol–water partition coefficient (Wildman–Crippen LogP) is 4.30. The average Bonchev–Trinajstić information content (AvgIpc) is 2.56. The Balaban J connectivity index is 0.000000774. The van der Waals surface area contributed by atoms with E-state index < -0.39 is 0 Å². The standard InChI is InChI=1S/C17H17NO.C2H6/c1-13-11-15-9-5-6-10-16(15)12-18(13)17(19)14-7-3-2-4-8-14;1-2/h2-10,13H,11-12H2,1H3;1-2H3/t13-;/m1./s1. The molecule has 1 aliphatic rings. The molecule has 0 saturated heterocycles. The Morgan fingerprint density at radius 1 is 0.952 bits per heavy atom. The summed E-state index contributed by atoms with van der Waals surface area (Å²) in [6.45, 7) is 6.84. The van der Waals surface area contributed by atoms with Gasteiger partial charge in [0.05, 0.1) is 0 Å². The summed E-state index contributed by atoms with van der Waals surface area (Å²) in [5.41, 5.74) is 3.41. The number of hydrogen-bond donors (Lipinski definition) is 0. The van der Waals surface area contributed by atoms with Crippen LogP contribution in [-0.4, -0.2) is 16.8 Å². The van der Waals surface area contributed by atoms with E-state index in [0.29, 0.717) is 6.54 Å². The predicted molar refractivity (Wildman–Crippen MR) is 87.3 cm³/mol. The Kier molecular flexibility index (Phi) is 5.15. The van der Waals surface area contributed by atoms with Gasteiger partial charge in [-0.25, -0.2) is 0 Å². The molecule has 0 spiro atoms. The number of benzene rings is 2. The third-order valence-electron chi connectivity index (χ3n) is 3.79. The second-order valence-corrected chi connectivity index (χ2v) is 5.12. The van der Waals surface area contributed by atoms with E-state index in [4.69, 9.17) is 0 Å². The van der Waals surface area contributed by atoms with Gasteiger partial charge in [-0.05, 0) is 36.6 Å². The second kappa shape index (κ2) is 7.07. The van der Waals surface area contributed by atoms with Gasteiger partial charge in [0.15, 0.2) is 0 Å². The zero-order valence-electron chi connectivity index (χ0n) is 13.0. The van der Waals surface area contributed by atoms with Crippen molar-refractivity contribution < 1.29 is 4.79 Å². The monoisotopic (exact) mass is 281 g/mol.